The van der Waals surface area contributed by atoms with Gasteiger partial charge in [-0.1, -0.05) is 12.1 Å². The molecule has 0 saturated carbocycles. The standard InChI is InChI=1S/C18H19N3O2/c22-17-7-3-10-21(17)13-8-11-20(12-13)18(23)15-4-1-6-16-14(15)5-2-9-19-16/h1-2,4-6,9,13H,3,7-8,10-12H2. The molecule has 2 aliphatic rings. The minimum absolute atomic E-state index is 0.0396. The molecule has 2 aliphatic heterocycles. The van der Waals surface area contributed by atoms with Crippen LogP contribution < -0.4 is 0 Å². The number of benzene rings is 1. The summed E-state index contributed by atoms with van der Waals surface area (Å²) in [6, 6.07) is 9.63. The molecule has 4 rings (SSSR count). The lowest BCUT2D eigenvalue weighted by atomic mass is 10.1. The highest BCUT2D eigenvalue weighted by molar-refractivity contribution is 6.06. The number of pyridine rings is 1. The van der Waals surface area contributed by atoms with E-state index in [1.54, 1.807) is 6.20 Å². The highest BCUT2D eigenvalue weighted by Crippen LogP contribution is 2.24. The van der Waals surface area contributed by atoms with E-state index in [1.165, 1.54) is 0 Å². The first kappa shape index (κ1) is 14.2. The third kappa shape index (κ3) is 2.46. The molecule has 23 heavy (non-hydrogen) atoms. The van der Waals surface area contributed by atoms with Gasteiger partial charge in [-0.3, -0.25) is 14.6 Å². The maximum Gasteiger partial charge on any atom is 0.254 e. The molecule has 1 unspecified atom stereocenters. The smallest absolute Gasteiger partial charge is 0.254 e. The molecule has 3 heterocycles. The fourth-order valence-electron chi connectivity index (χ4n) is 3.70. The Morgan fingerprint density at radius 2 is 2.09 bits per heavy atom. The molecule has 5 heteroatoms. The van der Waals surface area contributed by atoms with Crippen molar-refractivity contribution >= 4 is 22.7 Å². The number of fused-ring (bicyclic) bond motifs is 1. The van der Waals surface area contributed by atoms with Gasteiger partial charge in [0.25, 0.3) is 5.91 Å². The molecular formula is C18H19N3O2. The predicted molar refractivity (Wildman–Crippen MR) is 87.0 cm³/mol. The van der Waals surface area contributed by atoms with Gasteiger partial charge in [0, 0.05) is 43.2 Å². The Morgan fingerprint density at radius 3 is 2.91 bits per heavy atom. The van der Waals surface area contributed by atoms with Crippen LogP contribution in [0, 0.1) is 0 Å². The molecule has 1 aromatic carbocycles. The summed E-state index contributed by atoms with van der Waals surface area (Å²) in [5, 5.41) is 0.890. The monoisotopic (exact) mass is 309 g/mol. The number of carbonyl (C=O) groups excluding carboxylic acids is 2. The van der Waals surface area contributed by atoms with E-state index in [1.807, 2.05) is 40.1 Å². The highest BCUT2D eigenvalue weighted by atomic mass is 16.2. The van der Waals surface area contributed by atoms with Crippen molar-refractivity contribution in [3.05, 3.63) is 42.1 Å². The molecule has 2 saturated heterocycles. The van der Waals surface area contributed by atoms with Crippen molar-refractivity contribution in [3.8, 4) is 0 Å². The van der Waals surface area contributed by atoms with Crippen LogP contribution in [0.2, 0.25) is 0 Å². The minimum atomic E-state index is 0.0396. The number of likely N-dealkylation sites (tertiary alicyclic amines) is 2. The third-order valence-corrected chi connectivity index (χ3v) is 4.88. The van der Waals surface area contributed by atoms with Gasteiger partial charge in [0.15, 0.2) is 0 Å². The van der Waals surface area contributed by atoms with Gasteiger partial charge in [-0.2, -0.15) is 0 Å². The molecule has 0 N–H and O–H groups in total. The summed E-state index contributed by atoms with van der Waals surface area (Å²) in [4.78, 5) is 32.9. The lowest BCUT2D eigenvalue weighted by molar-refractivity contribution is -0.129. The lowest BCUT2D eigenvalue weighted by Gasteiger charge is -2.24. The van der Waals surface area contributed by atoms with Crippen molar-refractivity contribution in [2.45, 2.75) is 25.3 Å². The molecular weight excluding hydrogens is 290 g/mol. The zero-order valence-electron chi connectivity index (χ0n) is 12.9. The van der Waals surface area contributed by atoms with E-state index in [4.69, 9.17) is 0 Å². The van der Waals surface area contributed by atoms with Crippen molar-refractivity contribution in [1.29, 1.82) is 0 Å². The quantitative estimate of drug-likeness (QED) is 0.853. The Morgan fingerprint density at radius 1 is 1.17 bits per heavy atom. The van der Waals surface area contributed by atoms with Crippen LogP contribution in [0.15, 0.2) is 36.5 Å². The van der Waals surface area contributed by atoms with Crippen molar-refractivity contribution in [2.24, 2.45) is 0 Å². The Hall–Kier alpha value is -2.43. The van der Waals surface area contributed by atoms with Crippen molar-refractivity contribution < 1.29 is 9.59 Å². The van der Waals surface area contributed by atoms with Crippen LogP contribution in [0.4, 0.5) is 0 Å². The average Bonchev–Trinajstić information content (AvgIpc) is 3.22. The molecule has 1 aromatic heterocycles. The molecule has 2 fully saturated rings. The molecule has 2 amide bonds. The van der Waals surface area contributed by atoms with Gasteiger partial charge in [0.2, 0.25) is 5.91 Å². The summed E-state index contributed by atoms with van der Waals surface area (Å²) < 4.78 is 0. The Balaban J connectivity index is 1.56. The molecule has 0 spiro atoms. The second kappa shape index (κ2) is 5.65. The maximum atomic E-state index is 12.9. The number of amides is 2. The predicted octanol–water partition coefficient (Wildman–Crippen LogP) is 2.07. The molecule has 2 aromatic rings. The van der Waals surface area contributed by atoms with Gasteiger partial charge < -0.3 is 9.80 Å². The van der Waals surface area contributed by atoms with Gasteiger partial charge in [-0.15, -0.1) is 0 Å². The van der Waals surface area contributed by atoms with Crippen LogP contribution in [0.3, 0.4) is 0 Å². The Kier molecular flexibility index (Phi) is 3.48. The van der Waals surface area contributed by atoms with Crippen molar-refractivity contribution in [1.82, 2.24) is 14.8 Å². The number of aromatic nitrogens is 1. The largest absolute Gasteiger partial charge is 0.338 e. The summed E-state index contributed by atoms with van der Waals surface area (Å²) in [5.41, 5.74) is 1.54. The van der Waals surface area contributed by atoms with E-state index >= 15 is 0 Å². The summed E-state index contributed by atoms with van der Waals surface area (Å²) in [7, 11) is 0. The zero-order chi connectivity index (χ0) is 15.8. The number of hydrogen-bond acceptors (Lipinski definition) is 3. The van der Waals surface area contributed by atoms with E-state index in [0.717, 1.165) is 30.3 Å². The zero-order valence-corrected chi connectivity index (χ0v) is 12.9. The number of hydrogen-bond donors (Lipinski definition) is 0. The highest BCUT2D eigenvalue weighted by Gasteiger charge is 2.35. The van der Waals surface area contributed by atoms with Crippen LogP contribution >= 0.6 is 0 Å². The second-order valence-electron chi connectivity index (χ2n) is 6.26. The van der Waals surface area contributed by atoms with Crippen LogP contribution in [0.5, 0.6) is 0 Å². The first-order valence-electron chi connectivity index (χ1n) is 8.16. The minimum Gasteiger partial charge on any atom is -0.338 e. The second-order valence-corrected chi connectivity index (χ2v) is 6.26. The summed E-state index contributed by atoms with van der Waals surface area (Å²) in [6.07, 6.45) is 4.21. The van der Waals surface area contributed by atoms with Gasteiger partial charge in [-0.25, -0.2) is 0 Å². The maximum absolute atomic E-state index is 12.9. The summed E-state index contributed by atoms with van der Waals surface area (Å²) in [5.74, 6) is 0.274. The van der Waals surface area contributed by atoms with Crippen LogP contribution in [0.25, 0.3) is 10.9 Å². The fourth-order valence-corrected chi connectivity index (χ4v) is 3.70. The van der Waals surface area contributed by atoms with E-state index in [-0.39, 0.29) is 17.9 Å². The van der Waals surface area contributed by atoms with Gasteiger partial charge in [0.05, 0.1) is 11.6 Å². The van der Waals surface area contributed by atoms with Crippen LogP contribution in [-0.4, -0.2) is 52.3 Å². The normalized spacial score (nSPS) is 21.4. The van der Waals surface area contributed by atoms with Crippen LogP contribution in [0.1, 0.15) is 29.6 Å². The van der Waals surface area contributed by atoms with Gasteiger partial charge in [0.1, 0.15) is 0 Å². The van der Waals surface area contributed by atoms with Crippen molar-refractivity contribution in [2.75, 3.05) is 19.6 Å². The van der Waals surface area contributed by atoms with E-state index < -0.39 is 0 Å². The number of carbonyl (C=O) groups is 2. The molecule has 0 bridgehead atoms. The first-order valence-corrected chi connectivity index (χ1v) is 8.16. The van der Waals surface area contributed by atoms with Gasteiger partial charge >= 0.3 is 0 Å². The first-order chi connectivity index (χ1) is 11.2. The topological polar surface area (TPSA) is 53.5 Å². The Labute approximate surface area is 134 Å². The summed E-state index contributed by atoms with van der Waals surface area (Å²) in [6.45, 7) is 2.19. The molecule has 5 nitrogen and oxygen atoms in total. The van der Waals surface area contributed by atoms with E-state index in [9.17, 15) is 9.59 Å². The van der Waals surface area contributed by atoms with E-state index in [0.29, 0.717) is 25.1 Å². The summed E-state index contributed by atoms with van der Waals surface area (Å²) >= 11 is 0. The molecule has 118 valence electrons. The lowest BCUT2D eigenvalue weighted by Crippen LogP contribution is -2.39. The third-order valence-electron chi connectivity index (χ3n) is 4.88. The van der Waals surface area contributed by atoms with E-state index in [2.05, 4.69) is 4.98 Å². The fraction of sp³-hybridized carbons (Fsp3) is 0.389. The van der Waals surface area contributed by atoms with Gasteiger partial charge in [-0.05, 0) is 31.0 Å². The average molecular weight is 309 g/mol. The molecule has 0 aliphatic carbocycles. The Bertz CT molecular complexity index is 768. The molecule has 1 atom stereocenters. The number of rotatable bonds is 2. The van der Waals surface area contributed by atoms with Crippen LogP contribution in [-0.2, 0) is 4.79 Å². The molecule has 0 radical (unpaired) electrons. The van der Waals surface area contributed by atoms with Crippen molar-refractivity contribution in [3.63, 3.8) is 0 Å². The SMILES string of the molecule is O=C(c1cccc2ncccc12)N1CCC(N2CCCC2=O)C1. The number of nitrogens with zero attached hydrogens (tertiary/aromatic N) is 3.